The maximum Gasteiger partial charge on any atom is 0.431 e. The van der Waals surface area contributed by atoms with E-state index in [0.717, 1.165) is 6.07 Å². The molecule has 0 amide bonds. The molecule has 96 valence electrons. The second kappa shape index (κ2) is 4.61. The lowest BCUT2D eigenvalue weighted by Gasteiger charge is -2.10. The molecule has 0 aliphatic carbocycles. The van der Waals surface area contributed by atoms with E-state index in [4.69, 9.17) is 5.26 Å². The fourth-order valence-corrected chi connectivity index (χ4v) is 1.67. The largest absolute Gasteiger partial charge is 0.431 e. The number of aromatic nitrogens is 1. The van der Waals surface area contributed by atoms with Gasteiger partial charge >= 0.3 is 6.18 Å². The number of nitriles is 1. The molecular weight excluding hydrogens is 257 g/mol. The number of hydrogen-bond donors (Lipinski definition) is 1. The van der Waals surface area contributed by atoms with E-state index in [0.29, 0.717) is 5.56 Å². The van der Waals surface area contributed by atoms with E-state index in [1.54, 1.807) is 29.3 Å². The Kier molecular flexibility index (Phi) is 3.13. The van der Waals surface area contributed by atoms with Crippen molar-refractivity contribution in [1.29, 1.82) is 5.26 Å². The fourth-order valence-electron chi connectivity index (χ4n) is 1.67. The summed E-state index contributed by atoms with van der Waals surface area (Å²) in [6.45, 7) is 0. The van der Waals surface area contributed by atoms with Gasteiger partial charge in [-0.2, -0.15) is 18.4 Å². The number of aromatic amines is 1. The normalized spacial score (nSPS) is 11.1. The van der Waals surface area contributed by atoms with Gasteiger partial charge in [0.05, 0.1) is 0 Å². The Balaban J connectivity index is 2.76. The van der Waals surface area contributed by atoms with Gasteiger partial charge < -0.3 is 4.98 Å². The van der Waals surface area contributed by atoms with Crippen molar-refractivity contribution in [1.82, 2.24) is 4.98 Å². The molecule has 0 radical (unpaired) electrons. The summed E-state index contributed by atoms with van der Waals surface area (Å²) in [4.78, 5) is 13.2. The highest BCUT2D eigenvalue weighted by Gasteiger charge is 2.33. The molecule has 1 heterocycles. The number of nitrogens with zero attached hydrogens (tertiary/aromatic N) is 1. The number of benzene rings is 1. The molecule has 0 saturated heterocycles. The van der Waals surface area contributed by atoms with Crippen molar-refractivity contribution < 1.29 is 13.2 Å². The molecule has 1 aromatic carbocycles. The Morgan fingerprint density at radius 2 is 1.79 bits per heavy atom. The summed E-state index contributed by atoms with van der Waals surface area (Å²) in [5.74, 6) is 0. The summed E-state index contributed by atoms with van der Waals surface area (Å²) in [6.07, 6.45) is -4.67. The van der Waals surface area contributed by atoms with Crippen LogP contribution < -0.4 is 5.56 Å². The fraction of sp³-hybridized carbons (Fsp3) is 0.0769. The predicted molar refractivity (Wildman–Crippen MR) is 62.2 cm³/mol. The van der Waals surface area contributed by atoms with E-state index in [9.17, 15) is 18.0 Å². The minimum atomic E-state index is -4.67. The van der Waals surface area contributed by atoms with Crippen LogP contribution in [-0.2, 0) is 6.18 Å². The lowest BCUT2D eigenvalue weighted by molar-refractivity contribution is -0.141. The van der Waals surface area contributed by atoms with E-state index in [2.05, 4.69) is 0 Å². The third kappa shape index (κ3) is 2.50. The third-order valence-corrected chi connectivity index (χ3v) is 2.54. The zero-order chi connectivity index (χ0) is 14.0. The van der Waals surface area contributed by atoms with E-state index in [1.807, 2.05) is 0 Å². The van der Waals surface area contributed by atoms with Crippen LogP contribution in [0, 0.1) is 11.3 Å². The molecule has 6 heteroatoms. The minimum Gasteiger partial charge on any atom is -0.317 e. The first-order valence-electron chi connectivity index (χ1n) is 5.23. The second-order valence-corrected chi connectivity index (χ2v) is 3.78. The number of H-pyrrole nitrogens is 1. The van der Waals surface area contributed by atoms with Crippen LogP contribution >= 0.6 is 0 Å². The van der Waals surface area contributed by atoms with Gasteiger partial charge in [-0.25, -0.2) is 0 Å². The van der Waals surface area contributed by atoms with Crippen molar-refractivity contribution in [3.05, 3.63) is 58.0 Å². The first-order chi connectivity index (χ1) is 8.93. The van der Waals surface area contributed by atoms with Crippen LogP contribution in [0.3, 0.4) is 0 Å². The number of halogens is 3. The molecule has 0 bridgehead atoms. The Morgan fingerprint density at radius 1 is 1.16 bits per heavy atom. The number of nitrogens with one attached hydrogen (secondary N) is 1. The van der Waals surface area contributed by atoms with E-state index >= 15 is 0 Å². The molecule has 3 nitrogen and oxygen atoms in total. The number of alkyl halides is 3. The molecule has 0 unspecified atom stereocenters. The van der Waals surface area contributed by atoms with Crippen LogP contribution in [0.2, 0.25) is 0 Å². The smallest absolute Gasteiger partial charge is 0.317 e. The SMILES string of the molecule is N#Cc1c(-c2ccccc2)cc(C(F)(F)F)[nH]c1=O. The van der Waals surface area contributed by atoms with Crippen LogP contribution in [-0.4, -0.2) is 4.98 Å². The van der Waals surface area contributed by atoms with Crippen molar-refractivity contribution in [2.75, 3.05) is 0 Å². The van der Waals surface area contributed by atoms with Crippen LogP contribution in [0.4, 0.5) is 13.2 Å². The van der Waals surface area contributed by atoms with Gasteiger partial charge in [0, 0.05) is 5.56 Å². The highest BCUT2D eigenvalue weighted by molar-refractivity contribution is 5.70. The molecule has 2 aromatic rings. The van der Waals surface area contributed by atoms with Crippen molar-refractivity contribution in [3.8, 4) is 17.2 Å². The molecule has 19 heavy (non-hydrogen) atoms. The molecule has 0 aliphatic heterocycles. The molecule has 0 spiro atoms. The molecule has 0 aliphatic rings. The molecule has 0 fully saturated rings. The van der Waals surface area contributed by atoms with Crippen LogP contribution in [0.15, 0.2) is 41.2 Å². The molecule has 0 atom stereocenters. The molecule has 2 rings (SSSR count). The first kappa shape index (κ1) is 12.9. The van der Waals surface area contributed by atoms with Crippen LogP contribution in [0.5, 0.6) is 0 Å². The Morgan fingerprint density at radius 3 is 2.32 bits per heavy atom. The van der Waals surface area contributed by atoms with E-state index < -0.39 is 17.4 Å². The highest BCUT2D eigenvalue weighted by atomic mass is 19.4. The zero-order valence-corrected chi connectivity index (χ0v) is 9.45. The third-order valence-electron chi connectivity index (χ3n) is 2.54. The lowest BCUT2D eigenvalue weighted by atomic mass is 10.0. The minimum absolute atomic E-state index is 0.0285. The maximum atomic E-state index is 12.6. The lowest BCUT2D eigenvalue weighted by Crippen LogP contribution is -2.19. The maximum absolute atomic E-state index is 12.6. The highest BCUT2D eigenvalue weighted by Crippen LogP contribution is 2.30. The van der Waals surface area contributed by atoms with Crippen LogP contribution in [0.25, 0.3) is 11.1 Å². The monoisotopic (exact) mass is 264 g/mol. The van der Waals surface area contributed by atoms with E-state index in [-0.39, 0.29) is 11.1 Å². The summed E-state index contributed by atoms with van der Waals surface area (Å²) >= 11 is 0. The van der Waals surface area contributed by atoms with E-state index in [1.165, 1.54) is 12.1 Å². The average molecular weight is 264 g/mol. The quantitative estimate of drug-likeness (QED) is 0.860. The van der Waals surface area contributed by atoms with Gasteiger partial charge in [-0.05, 0) is 11.6 Å². The Hall–Kier alpha value is -2.55. The van der Waals surface area contributed by atoms with Gasteiger partial charge in [-0.3, -0.25) is 4.79 Å². The first-order valence-corrected chi connectivity index (χ1v) is 5.23. The van der Waals surface area contributed by atoms with Gasteiger partial charge in [0.15, 0.2) is 0 Å². The predicted octanol–water partition coefficient (Wildman–Crippen LogP) is 2.93. The molecule has 0 saturated carbocycles. The molecular formula is C13H7F3N2O. The van der Waals surface area contributed by atoms with Crippen LogP contribution in [0.1, 0.15) is 11.3 Å². The Bertz CT molecular complexity index is 697. The molecule has 1 aromatic heterocycles. The number of hydrogen-bond acceptors (Lipinski definition) is 2. The standard InChI is InChI=1S/C13H7F3N2O/c14-13(15,16)11-6-9(8-4-2-1-3-5-8)10(7-17)12(19)18-11/h1-6H,(H,18,19). The van der Waals surface area contributed by atoms with Crippen molar-refractivity contribution in [3.63, 3.8) is 0 Å². The zero-order valence-electron chi connectivity index (χ0n) is 9.45. The van der Waals surface area contributed by atoms with Gasteiger partial charge in [0.2, 0.25) is 0 Å². The second-order valence-electron chi connectivity index (χ2n) is 3.78. The summed E-state index contributed by atoms with van der Waals surface area (Å²) in [6, 6.07) is 10.4. The van der Waals surface area contributed by atoms with Crippen molar-refractivity contribution in [2.24, 2.45) is 0 Å². The van der Waals surface area contributed by atoms with Crippen molar-refractivity contribution in [2.45, 2.75) is 6.18 Å². The van der Waals surface area contributed by atoms with Gasteiger partial charge in [-0.1, -0.05) is 30.3 Å². The summed E-state index contributed by atoms with van der Waals surface area (Å²) in [7, 11) is 0. The topological polar surface area (TPSA) is 56.6 Å². The van der Waals surface area contributed by atoms with Gasteiger partial charge in [0.25, 0.3) is 5.56 Å². The number of rotatable bonds is 1. The van der Waals surface area contributed by atoms with Gasteiger partial charge in [0.1, 0.15) is 17.3 Å². The van der Waals surface area contributed by atoms with Crippen molar-refractivity contribution >= 4 is 0 Å². The summed E-state index contributed by atoms with van der Waals surface area (Å²) in [5, 5.41) is 8.90. The van der Waals surface area contributed by atoms with Gasteiger partial charge in [-0.15, -0.1) is 0 Å². The molecule has 1 N–H and O–H groups in total. The Labute approximate surface area is 105 Å². The average Bonchev–Trinajstić information content (AvgIpc) is 2.37. The number of pyridine rings is 1. The summed E-state index contributed by atoms with van der Waals surface area (Å²) < 4.78 is 37.9. The summed E-state index contributed by atoms with van der Waals surface area (Å²) in [5.41, 5.74) is -2.19.